The zero-order chi connectivity index (χ0) is 10.7. The molecule has 2 heteroatoms. The molecular weight excluding hydrogens is 186 g/mol. The lowest BCUT2D eigenvalue weighted by molar-refractivity contribution is 0.412. The Kier molecular flexibility index (Phi) is 3.27. The SMILES string of the molecule is CCN[C@@H]1CCc2cc(OC)ccc2C1. The van der Waals surface area contributed by atoms with E-state index in [4.69, 9.17) is 4.74 Å². The van der Waals surface area contributed by atoms with Gasteiger partial charge in [0.2, 0.25) is 0 Å². The van der Waals surface area contributed by atoms with E-state index in [0.29, 0.717) is 6.04 Å². The summed E-state index contributed by atoms with van der Waals surface area (Å²) in [7, 11) is 1.73. The van der Waals surface area contributed by atoms with Crippen LogP contribution in [0.15, 0.2) is 18.2 Å². The molecule has 82 valence electrons. The number of ether oxygens (including phenoxy) is 1. The smallest absolute Gasteiger partial charge is 0.119 e. The fraction of sp³-hybridized carbons (Fsp3) is 0.538. The summed E-state index contributed by atoms with van der Waals surface area (Å²) in [4.78, 5) is 0. The van der Waals surface area contributed by atoms with E-state index in [2.05, 4.69) is 30.4 Å². The highest BCUT2D eigenvalue weighted by atomic mass is 16.5. The summed E-state index contributed by atoms with van der Waals surface area (Å²) in [6, 6.07) is 7.11. The summed E-state index contributed by atoms with van der Waals surface area (Å²) < 4.78 is 5.24. The van der Waals surface area contributed by atoms with Gasteiger partial charge in [0.05, 0.1) is 7.11 Å². The largest absolute Gasteiger partial charge is 0.497 e. The van der Waals surface area contributed by atoms with Gasteiger partial charge in [-0.05, 0) is 49.1 Å². The number of rotatable bonds is 3. The summed E-state index contributed by atoms with van der Waals surface area (Å²) in [6.45, 7) is 3.24. The van der Waals surface area contributed by atoms with E-state index in [0.717, 1.165) is 18.7 Å². The molecule has 0 aliphatic heterocycles. The zero-order valence-corrected chi connectivity index (χ0v) is 9.55. The molecular formula is C13H19NO. The summed E-state index contributed by atoms with van der Waals surface area (Å²) in [5.41, 5.74) is 2.94. The van der Waals surface area contributed by atoms with Gasteiger partial charge in [-0.15, -0.1) is 0 Å². The molecule has 1 aliphatic rings. The molecule has 0 saturated heterocycles. The van der Waals surface area contributed by atoms with Crippen molar-refractivity contribution in [2.45, 2.75) is 32.2 Å². The van der Waals surface area contributed by atoms with Crippen LogP contribution >= 0.6 is 0 Å². The molecule has 0 heterocycles. The van der Waals surface area contributed by atoms with Crippen LogP contribution in [0.3, 0.4) is 0 Å². The lowest BCUT2D eigenvalue weighted by Gasteiger charge is -2.25. The van der Waals surface area contributed by atoms with Gasteiger partial charge in [0.1, 0.15) is 5.75 Å². The van der Waals surface area contributed by atoms with Crippen molar-refractivity contribution in [3.63, 3.8) is 0 Å². The van der Waals surface area contributed by atoms with Gasteiger partial charge in [-0.3, -0.25) is 0 Å². The molecule has 1 aliphatic carbocycles. The van der Waals surface area contributed by atoms with Crippen LogP contribution in [-0.2, 0) is 12.8 Å². The molecule has 1 aromatic rings. The molecule has 0 fully saturated rings. The number of benzene rings is 1. The Morgan fingerprint density at radius 2 is 2.27 bits per heavy atom. The number of likely N-dealkylation sites (N-methyl/N-ethyl adjacent to an activating group) is 1. The van der Waals surface area contributed by atoms with Crippen LogP contribution in [0, 0.1) is 0 Å². The highest BCUT2D eigenvalue weighted by Gasteiger charge is 2.17. The second-order valence-corrected chi connectivity index (χ2v) is 4.13. The number of aryl methyl sites for hydroxylation is 1. The average Bonchev–Trinajstić information content (AvgIpc) is 2.29. The quantitative estimate of drug-likeness (QED) is 0.816. The maximum atomic E-state index is 5.24. The standard InChI is InChI=1S/C13H19NO/c1-3-14-12-6-4-11-9-13(15-2)7-5-10(11)8-12/h5,7,9,12,14H,3-4,6,8H2,1-2H3/t12-/m1/s1. The first-order valence-electron chi connectivity index (χ1n) is 5.72. The highest BCUT2D eigenvalue weighted by Crippen LogP contribution is 2.25. The normalized spacial score (nSPS) is 19.7. The summed E-state index contributed by atoms with van der Waals surface area (Å²) in [5, 5.41) is 3.52. The van der Waals surface area contributed by atoms with Gasteiger partial charge in [-0.25, -0.2) is 0 Å². The summed E-state index contributed by atoms with van der Waals surface area (Å²) >= 11 is 0. The van der Waals surface area contributed by atoms with Crippen LogP contribution in [0.5, 0.6) is 5.75 Å². The summed E-state index contributed by atoms with van der Waals surface area (Å²) in [5.74, 6) is 0.982. The fourth-order valence-corrected chi connectivity index (χ4v) is 2.32. The number of nitrogens with one attached hydrogen (secondary N) is 1. The summed E-state index contributed by atoms with van der Waals surface area (Å²) in [6.07, 6.45) is 3.57. The van der Waals surface area contributed by atoms with Gasteiger partial charge in [0, 0.05) is 6.04 Å². The molecule has 15 heavy (non-hydrogen) atoms. The zero-order valence-electron chi connectivity index (χ0n) is 9.55. The third kappa shape index (κ3) is 2.32. The van der Waals surface area contributed by atoms with Gasteiger partial charge < -0.3 is 10.1 Å². The Morgan fingerprint density at radius 1 is 1.40 bits per heavy atom. The van der Waals surface area contributed by atoms with Gasteiger partial charge >= 0.3 is 0 Å². The minimum absolute atomic E-state index is 0.663. The lowest BCUT2D eigenvalue weighted by atomic mass is 9.88. The maximum absolute atomic E-state index is 5.24. The number of hydrogen-bond acceptors (Lipinski definition) is 2. The van der Waals surface area contributed by atoms with Gasteiger partial charge in [-0.2, -0.15) is 0 Å². The van der Waals surface area contributed by atoms with E-state index in [-0.39, 0.29) is 0 Å². The van der Waals surface area contributed by atoms with Crippen LogP contribution in [0.1, 0.15) is 24.5 Å². The first-order valence-corrected chi connectivity index (χ1v) is 5.72. The topological polar surface area (TPSA) is 21.3 Å². The Bertz CT molecular complexity index is 335. The van der Waals surface area contributed by atoms with Crippen molar-refractivity contribution in [3.8, 4) is 5.75 Å². The number of hydrogen-bond donors (Lipinski definition) is 1. The molecule has 0 bridgehead atoms. The molecule has 0 aromatic heterocycles. The van der Waals surface area contributed by atoms with E-state index in [1.54, 1.807) is 7.11 Å². The lowest BCUT2D eigenvalue weighted by Crippen LogP contribution is -2.34. The van der Waals surface area contributed by atoms with Crippen LogP contribution in [0.4, 0.5) is 0 Å². The van der Waals surface area contributed by atoms with E-state index >= 15 is 0 Å². The third-order valence-electron chi connectivity index (χ3n) is 3.13. The van der Waals surface area contributed by atoms with Crippen molar-refractivity contribution < 1.29 is 4.74 Å². The number of fused-ring (bicyclic) bond motifs is 1. The van der Waals surface area contributed by atoms with E-state index in [1.807, 2.05) is 0 Å². The van der Waals surface area contributed by atoms with Gasteiger partial charge in [-0.1, -0.05) is 13.0 Å². The predicted octanol–water partition coefficient (Wildman–Crippen LogP) is 2.16. The van der Waals surface area contributed by atoms with Gasteiger partial charge in [0.25, 0.3) is 0 Å². The van der Waals surface area contributed by atoms with Crippen LogP contribution in [-0.4, -0.2) is 19.7 Å². The van der Waals surface area contributed by atoms with E-state index < -0.39 is 0 Å². The van der Waals surface area contributed by atoms with Crippen molar-refractivity contribution >= 4 is 0 Å². The molecule has 0 saturated carbocycles. The van der Waals surface area contributed by atoms with Crippen LogP contribution < -0.4 is 10.1 Å². The van der Waals surface area contributed by atoms with Crippen molar-refractivity contribution in [2.75, 3.05) is 13.7 Å². The third-order valence-corrected chi connectivity index (χ3v) is 3.13. The minimum atomic E-state index is 0.663. The van der Waals surface area contributed by atoms with Gasteiger partial charge in [0.15, 0.2) is 0 Å². The first-order chi connectivity index (χ1) is 7.33. The fourth-order valence-electron chi connectivity index (χ4n) is 2.32. The molecule has 0 spiro atoms. The Morgan fingerprint density at radius 3 is 3.00 bits per heavy atom. The Balaban J connectivity index is 2.13. The van der Waals surface area contributed by atoms with Crippen molar-refractivity contribution in [1.82, 2.24) is 5.32 Å². The second-order valence-electron chi connectivity index (χ2n) is 4.13. The Hall–Kier alpha value is -1.02. The first kappa shape index (κ1) is 10.5. The molecule has 0 radical (unpaired) electrons. The molecule has 2 rings (SSSR count). The maximum Gasteiger partial charge on any atom is 0.119 e. The molecule has 1 atom stereocenters. The van der Waals surface area contributed by atoms with E-state index in [1.165, 1.54) is 24.0 Å². The highest BCUT2D eigenvalue weighted by molar-refractivity contribution is 5.37. The second kappa shape index (κ2) is 4.67. The molecule has 2 nitrogen and oxygen atoms in total. The molecule has 0 unspecified atom stereocenters. The minimum Gasteiger partial charge on any atom is -0.497 e. The van der Waals surface area contributed by atoms with E-state index in [9.17, 15) is 0 Å². The van der Waals surface area contributed by atoms with Crippen LogP contribution in [0.25, 0.3) is 0 Å². The Labute approximate surface area is 91.6 Å². The molecule has 0 amide bonds. The predicted molar refractivity (Wildman–Crippen MR) is 62.5 cm³/mol. The van der Waals surface area contributed by atoms with Crippen molar-refractivity contribution in [1.29, 1.82) is 0 Å². The van der Waals surface area contributed by atoms with Crippen molar-refractivity contribution in [2.24, 2.45) is 0 Å². The molecule has 1 N–H and O–H groups in total. The van der Waals surface area contributed by atoms with Crippen molar-refractivity contribution in [3.05, 3.63) is 29.3 Å². The number of methoxy groups -OCH3 is 1. The molecule has 1 aromatic carbocycles. The van der Waals surface area contributed by atoms with Crippen LogP contribution in [0.2, 0.25) is 0 Å². The monoisotopic (exact) mass is 205 g/mol. The average molecular weight is 205 g/mol.